The van der Waals surface area contributed by atoms with E-state index < -0.39 is 17.6 Å². The van der Waals surface area contributed by atoms with Gasteiger partial charge in [-0.25, -0.2) is 0 Å². The molecule has 0 aromatic heterocycles. The zero-order valence-electron chi connectivity index (χ0n) is 19.0. The predicted molar refractivity (Wildman–Crippen MR) is 125 cm³/mol. The van der Waals surface area contributed by atoms with Gasteiger partial charge in [-0.2, -0.15) is 0 Å². The summed E-state index contributed by atoms with van der Waals surface area (Å²) in [7, 11) is -7.31. The van der Waals surface area contributed by atoms with Crippen molar-refractivity contribution < 1.29 is 12.4 Å². The SMILES string of the molecule is CS(=O)(=O)OP(N1CCCCC1)(N1CCCCC1)(N1CCCCC1)N1CCCCC1. The second-order valence-corrected chi connectivity index (χ2v) is 15.7. The summed E-state index contributed by atoms with van der Waals surface area (Å²) in [6.07, 6.45) is 15.4. The normalized spacial score (nSPS) is 28.8. The minimum absolute atomic E-state index is 0.955. The van der Waals surface area contributed by atoms with Gasteiger partial charge in [-0.1, -0.05) is 0 Å². The van der Waals surface area contributed by atoms with Crippen LogP contribution < -0.4 is 0 Å². The van der Waals surface area contributed by atoms with Crippen molar-refractivity contribution in [1.29, 1.82) is 0 Å². The molecule has 4 aliphatic heterocycles. The molecule has 0 bridgehead atoms. The molecular weight excluding hydrogens is 419 g/mol. The molecule has 0 radical (unpaired) electrons. The van der Waals surface area contributed by atoms with Gasteiger partial charge >= 0.3 is 184 Å². The first-order valence-electron chi connectivity index (χ1n) is 12.4. The molecule has 4 fully saturated rings. The van der Waals surface area contributed by atoms with Crippen LogP contribution in [0.15, 0.2) is 0 Å². The molecule has 0 aliphatic carbocycles. The first kappa shape index (κ1) is 23.3. The van der Waals surface area contributed by atoms with E-state index in [1.54, 1.807) is 0 Å². The van der Waals surface area contributed by atoms with Crippen molar-refractivity contribution in [2.45, 2.75) is 77.0 Å². The Morgan fingerprint density at radius 1 is 0.500 bits per heavy atom. The summed E-state index contributed by atoms with van der Waals surface area (Å²) in [5.74, 6) is 0. The Bertz CT molecular complexity index is 584. The fourth-order valence-electron chi connectivity index (χ4n) is 6.41. The average molecular weight is 463 g/mol. The van der Waals surface area contributed by atoms with Crippen molar-refractivity contribution in [1.82, 2.24) is 18.7 Å². The third kappa shape index (κ3) is 4.11. The van der Waals surface area contributed by atoms with E-state index in [0.29, 0.717) is 0 Å². The number of hydrogen-bond donors (Lipinski definition) is 0. The van der Waals surface area contributed by atoms with E-state index in [1.807, 2.05) is 0 Å². The fourth-order valence-corrected chi connectivity index (χ4v) is 15.9. The zero-order valence-corrected chi connectivity index (χ0v) is 20.7. The van der Waals surface area contributed by atoms with Gasteiger partial charge in [-0.3, -0.25) is 0 Å². The van der Waals surface area contributed by atoms with Gasteiger partial charge in [-0.05, 0) is 0 Å². The number of rotatable bonds is 6. The topological polar surface area (TPSA) is 56.3 Å². The minimum atomic E-state index is -3.66. The molecule has 0 aromatic rings. The molecule has 7 nitrogen and oxygen atoms in total. The third-order valence-corrected chi connectivity index (χ3v) is 15.3. The Morgan fingerprint density at radius 3 is 0.933 bits per heavy atom. The van der Waals surface area contributed by atoms with Crippen molar-refractivity contribution in [2.75, 3.05) is 58.6 Å². The maximum absolute atomic E-state index is 13.1. The van der Waals surface area contributed by atoms with Crippen LogP contribution in [-0.4, -0.2) is 85.7 Å². The van der Waals surface area contributed by atoms with Crippen LogP contribution in [0.2, 0.25) is 0 Å². The molecule has 4 aliphatic rings. The van der Waals surface area contributed by atoms with Crippen molar-refractivity contribution in [2.24, 2.45) is 0 Å². The predicted octanol–water partition coefficient (Wildman–Crippen LogP) is 4.03. The summed E-state index contributed by atoms with van der Waals surface area (Å²) in [5.41, 5.74) is 0. The quantitative estimate of drug-likeness (QED) is 0.552. The van der Waals surface area contributed by atoms with Gasteiger partial charge in [0.15, 0.2) is 0 Å². The van der Waals surface area contributed by atoms with Crippen LogP contribution >= 0.6 is 7.43 Å². The molecule has 4 saturated heterocycles. The Balaban J connectivity index is 1.95. The van der Waals surface area contributed by atoms with Crippen molar-refractivity contribution in [3.63, 3.8) is 0 Å². The van der Waals surface area contributed by atoms with Gasteiger partial charge in [0.2, 0.25) is 0 Å². The summed E-state index contributed by atoms with van der Waals surface area (Å²) >= 11 is 0. The molecule has 176 valence electrons. The van der Waals surface area contributed by atoms with Crippen LogP contribution in [-0.2, 0) is 14.1 Å². The summed E-state index contributed by atoms with van der Waals surface area (Å²) in [6, 6.07) is 0. The van der Waals surface area contributed by atoms with Crippen LogP contribution in [0.1, 0.15) is 77.0 Å². The third-order valence-electron chi connectivity index (χ3n) is 7.58. The molecule has 0 N–H and O–H groups in total. The van der Waals surface area contributed by atoms with E-state index in [9.17, 15) is 8.42 Å². The van der Waals surface area contributed by atoms with E-state index in [4.69, 9.17) is 3.97 Å². The Morgan fingerprint density at radius 2 is 0.733 bits per heavy atom. The van der Waals surface area contributed by atoms with E-state index >= 15 is 0 Å². The van der Waals surface area contributed by atoms with Gasteiger partial charge in [0.05, 0.1) is 0 Å². The van der Waals surface area contributed by atoms with Crippen molar-refractivity contribution in [3.8, 4) is 0 Å². The standard InChI is InChI=1S/C21H43N4O3PS/c1-30(26,27)28-29(22-14-6-2-7-15-22,23-16-8-3-9-17-23,24-18-10-4-11-19-24)25-20-12-5-13-21-25/h2-21H2,1H3. The molecule has 9 heteroatoms. The molecule has 0 atom stereocenters. The van der Waals surface area contributed by atoms with E-state index in [2.05, 4.69) is 18.7 Å². The zero-order chi connectivity index (χ0) is 21.1. The Labute approximate surface area is 184 Å². The second-order valence-electron chi connectivity index (χ2n) is 9.70. The van der Waals surface area contributed by atoms with Gasteiger partial charge in [0.1, 0.15) is 0 Å². The molecule has 0 aromatic carbocycles. The van der Waals surface area contributed by atoms with Crippen molar-refractivity contribution in [3.05, 3.63) is 0 Å². The second kappa shape index (κ2) is 9.58. The van der Waals surface area contributed by atoms with E-state index in [1.165, 1.54) is 31.9 Å². The molecular formula is C21H43N4O3PS. The molecule has 30 heavy (non-hydrogen) atoms. The summed E-state index contributed by atoms with van der Waals surface area (Å²) in [4.78, 5) is 0. The Kier molecular flexibility index (Phi) is 7.45. The number of nitrogens with zero attached hydrogens (tertiary/aromatic N) is 4. The van der Waals surface area contributed by atoms with Crippen LogP contribution in [0.4, 0.5) is 0 Å². The van der Waals surface area contributed by atoms with Crippen molar-refractivity contribution >= 4 is 17.6 Å². The average Bonchev–Trinajstić information content (AvgIpc) is 2.79. The van der Waals surface area contributed by atoms with Gasteiger partial charge < -0.3 is 0 Å². The van der Waals surface area contributed by atoms with Gasteiger partial charge in [-0.15, -0.1) is 0 Å². The van der Waals surface area contributed by atoms with Gasteiger partial charge in [0.25, 0.3) is 0 Å². The fraction of sp³-hybridized carbons (Fsp3) is 1.00. The van der Waals surface area contributed by atoms with E-state index in [-0.39, 0.29) is 0 Å². The molecule has 0 unspecified atom stereocenters. The first-order chi connectivity index (χ1) is 14.5. The monoisotopic (exact) mass is 462 g/mol. The number of piperidine rings is 4. The summed E-state index contributed by atoms with van der Waals surface area (Å²) < 4.78 is 43.4. The number of hydrogen-bond acceptors (Lipinski definition) is 7. The van der Waals surface area contributed by atoms with Crippen LogP contribution in [0, 0.1) is 0 Å². The maximum atomic E-state index is 13.1. The molecule has 0 spiro atoms. The molecule has 4 heterocycles. The summed E-state index contributed by atoms with van der Waals surface area (Å²) in [5, 5.41) is 0. The van der Waals surface area contributed by atoms with Gasteiger partial charge in [0, 0.05) is 0 Å². The molecule has 0 amide bonds. The Hall–Kier alpha value is 0.180. The van der Waals surface area contributed by atoms with E-state index in [0.717, 1.165) is 104 Å². The first-order valence-corrected chi connectivity index (χ1v) is 16.2. The van der Waals surface area contributed by atoms with Crippen LogP contribution in [0.3, 0.4) is 0 Å². The summed E-state index contributed by atoms with van der Waals surface area (Å²) in [6.45, 7) is 7.64. The van der Waals surface area contributed by atoms with Crippen LogP contribution in [0.5, 0.6) is 0 Å². The molecule has 0 saturated carbocycles. The van der Waals surface area contributed by atoms with Crippen LogP contribution in [0.25, 0.3) is 0 Å². The molecule has 4 rings (SSSR count).